The summed E-state index contributed by atoms with van der Waals surface area (Å²) in [4.78, 5) is 26.8. The Morgan fingerprint density at radius 3 is 2.35 bits per heavy atom. The molecule has 1 amide bonds. The number of aromatic nitrogens is 2. The Morgan fingerprint density at radius 2 is 1.65 bits per heavy atom. The van der Waals surface area contributed by atoms with Crippen LogP contribution in [0.1, 0.15) is 50.6 Å². The molecular formula is C29H27N3O2. The molecule has 170 valence electrons. The molecule has 2 heterocycles. The summed E-state index contributed by atoms with van der Waals surface area (Å²) in [7, 11) is 0. The van der Waals surface area contributed by atoms with Crippen LogP contribution >= 0.6 is 0 Å². The van der Waals surface area contributed by atoms with Crippen molar-refractivity contribution in [3.63, 3.8) is 0 Å². The van der Waals surface area contributed by atoms with Crippen LogP contribution in [-0.4, -0.2) is 21.5 Å². The summed E-state index contributed by atoms with van der Waals surface area (Å²) in [6, 6.07) is 25.6. The van der Waals surface area contributed by atoms with Crippen molar-refractivity contribution in [2.45, 2.75) is 33.1 Å². The molecular weight excluding hydrogens is 422 g/mol. The van der Waals surface area contributed by atoms with Gasteiger partial charge in [0.05, 0.1) is 17.3 Å². The van der Waals surface area contributed by atoms with Gasteiger partial charge >= 0.3 is 0 Å². The summed E-state index contributed by atoms with van der Waals surface area (Å²) in [5, 5.41) is 7.88. The Hall–Kier alpha value is -3.99. The second kappa shape index (κ2) is 8.75. The van der Waals surface area contributed by atoms with E-state index in [0.29, 0.717) is 11.4 Å². The van der Waals surface area contributed by atoms with Crippen LogP contribution < -0.4 is 5.32 Å². The van der Waals surface area contributed by atoms with Crippen LogP contribution in [0.2, 0.25) is 0 Å². The third kappa shape index (κ3) is 3.94. The van der Waals surface area contributed by atoms with Crippen molar-refractivity contribution in [2.75, 3.05) is 5.32 Å². The Kier molecular flexibility index (Phi) is 5.62. The van der Waals surface area contributed by atoms with Gasteiger partial charge in [0.25, 0.3) is 0 Å². The quantitative estimate of drug-likeness (QED) is 0.393. The number of hydrogen-bond acceptors (Lipinski definition) is 3. The van der Waals surface area contributed by atoms with Gasteiger partial charge < -0.3 is 5.32 Å². The lowest BCUT2D eigenvalue weighted by Gasteiger charge is -2.32. The maximum Gasteiger partial charge on any atom is 0.230 e. The zero-order valence-corrected chi connectivity index (χ0v) is 19.6. The Morgan fingerprint density at radius 1 is 0.912 bits per heavy atom. The number of carbonyl (C=O) groups excluding carboxylic acids is 2. The highest BCUT2D eigenvalue weighted by molar-refractivity contribution is 6.03. The molecule has 1 aromatic heterocycles. The Balaban J connectivity index is 1.62. The van der Waals surface area contributed by atoms with E-state index >= 15 is 0 Å². The molecule has 5 heteroatoms. The molecule has 4 aromatic rings. The lowest BCUT2D eigenvalue weighted by atomic mass is 9.75. The van der Waals surface area contributed by atoms with Crippen molar-refractivity contribution in [2.24, 2.45) is 5.92 Å². The average molecular weight is 450 g/mol. The zero-order chi connectivity index (χ0) is 23.8. The van der Waals surface area contributed by atoms with Crippen molar-refractivity contribution >= 4 is 17.5 Å². The van der Waals surface area contributed by atoms with Crippen molar-refractivity contribution in [3.8, 4) is 5.69 Å². The molecule has 0 unspecified atom stereocenters. The van der Waals surface area contributed by atoms with Crippen LogP contribution in [0.3, 0.4) is 0 Å². The summed E-state index contributed by atoms with van der Waals surface area (Å²) in [5.41, 5.74) is 6.51. The van der Waals surface area contributed by atoms with Crippen molar-refractivity contribution in [3.05, 3.63) is 112 Å². The highest BCUT2D eigenvalue weighted by atomic mass is 16.2. The molecule has 2 atom stereocenters. The number of rotatable bonds is 5. The number of aryl methyl sites for hydroxylation is 3. The minimum Gasteiger partial charge on any atom is -0.310 e. The SMILES string of the molecule is Cc1ccc([C@H]2c3c(C)nn(-c4ccccc4)c3NC(=O)[C@H]2CC(=O)c2cccc(C)c2)cc1. The van der Waals surface area contributed by atoms with E-state index in [0.717, 1.165) is 33.6 Å². The first kappa shape index (κ1) is 21.8. The molecule has 1 N–H and O–H groups in total. The third-order valence-electron chi connectivity index (χ3n) is 6.58. The largest absolute Gasteiger partial charge is 0.310 e. The lowest BCUT2D eigenvalue weighted by Crippen LogP contribution is -2.36. The number of benzene rings is 3. The molecule has 5 nitrogen and oxygen atoms in total. The molecule has 0 aliphatic carbocycles. The smallest absolute Gasteiger partial charge is 0.230 e. The fourth-order valence-electron chi connectivity index (χ4n) is 4.87. The number of nitrogens with one attached hydrogen (secondary N) is 1. The number of amides is 1. The van der Waals surface area contributed by atoms with E-state index in [-0.39, 0.29) is 24.0 Å². The molecule has 0 radical (unpaired) electrons. The van der Waals surface area contributed by atoms with E-state index in [9.17, 15) is 9.59 Å². The van der Waals surface area contributed by atoms with Gasteiger partial charge in [0.15, 0.2) is 5.78 Å². The van der Waals surface area contributed by atoms with Gasteiger partial charge in [-0.25, -0.2) is 4.68 Å². The highest BCUT2D eigenvalue weighted by Crippen LogP contribution is 2.44. The minimum atomic E-state index is -0.532. The fourth-order valence-corrected chi connectivity index (χ4v) is 4.87. The first-order valence-corrected chi connectivity index (χ1v) is 11.5. The number of carbonyl (C=O) groups is 2. The number of Topliss-reactive ketones (excluding diaryl/α,β-unsaturated/α-hetero) is 1. The van der Waals surface area contributed by atoms with Gasteiger partial charge in [0.1, 0.15) is 5.82 Å². The average Bonchev–Trinajstić information content (AvgIpc) is 3.16. The van der Waals surface area contributed by atoms with Crippen LogP contribution in [0.5, 0.6) is 0 Å². The molecule has 1 aliphatic heterocycles. The maximum atomic E-state index is 13.5. The standard InChI is InChI=1S/C29H27N3O2/c1-18-12-14-21(15-13-18)27-24(17-25(33)22-9-7-8-19(2)16-22)29(34)30-28-26(27)20(3)31-32(28)23-10-5-4-6-11-23/h4-16,24,27H,17H2,1-3H3,(H,30,34)/t24-,27+/m0/s1. The van der Waals surface area contributed by atoms with E-state index in [1.165, 1.54) is 0 Å². The van der Waals surface area contributed by atoms with Gasteiger partial charge in [-0.2, -0.15) is 5.10 Å². The first-order chi connectivity index (χ1) is 16.4. The van der Waals surface area contributed by atoms with Crippen LogP contribution in [0.25, 0.3) is 5.69 Å². The predicted molar refractivity (Wildman–Crippen MR) is 134 cm³/mol. The van der Waals surface area contributed by atoms with E-state index in [1.54, 1.807) is 4.68 Å². The van der Waals surface area contributed by atoms with Crippen LogP contribution in [-0.2, 0) is 4.79 Å². The summed E-state index contributed by atoms with van der Waals surface area (Å²) in [5.74, 6) is -0.307. The number of nitrogens with zero attached hydrogens (tertiary/aromatic N) is 2. The van der Waals surface area contributed by atoms with E-state index in [1.807, 2.05) is 75.4 Å². The molecule has 0 saturated carbocycles. The molecule has 0 spiro atoms. The number of anilines is 1. The van der Waals surface area contributed by atoms with Gasteiger partial charge in [-0.1, -0.05) is 71.8 Å². The zero-order valence-electron chi connectivity index (χ0n) is 19.6. The first-order valence-electron chi connectivity index (χ1n) is 11.5. The molecule has 0 bridgehead atoms. The van der Waals surface area contributed by atoms with E-state index in [4.69, 9.17) is 5.10 Å². The topological polar surface area (TPSA) is 64.0 Å². The number of fused-ring (bicyclic) bond motifs is 1. The van der Waals surface area contributed by atoms with Gasteiger partial charge in [-0.3, -0.25) is 9.59 Å². The minimum absolute atomic E-state index is 0.0301. The summed E-state index contributed by atoms with van der Waals surface area (Å²) in [6.45, 7) is 5.98. The molecule has 3 aromatic carbocycles. The molecule has 5 rings (SSSR count). The maximum absolute atomic E-state index is 13.5. The number of para-hydroxylation sites is 1. The second-order valence-corrected chi connectivity index (χ2v) is 9.08. The molecule has 0 saturated heterocycles. The van der Waals surface area contributed by atoms with Crippen LogP contribution in [0.4, 0.5) is 5.82 Å². The van der Waals surface area contributed by atoms with Crippen molar-refractivity contribution in [1.82, 2.24) is 9.78 Å². The van der Waals surface area contributed by atoms with Gasteiger partial charge in [0, 0.05) is 23.5 Å². The highest BCUT2D eigenvalue weighted by Gasteiger charge is 2.41. The molecule has 0 fully saturated rings. The second-order valence-electron chi connectivity index (χ2n) is 9.08. The lowest BCUT2D eigenvalue weighted by molar-refractivity contribution is -0.120. The summed E-state index contributed by atoms with van der Waals surface area (Å²) >= 11 is 0. The third-order valence-corrected chi connectivity index (χ3v) is 6.58. The summed E-state index contributed by atoms with van der Waals surface area (Å²) in [6.07, 6.45) is 0.128. The molecule has 34 heavy (non-hydrogen) atoms. The van der Waals surface area contributed by atoms with Gasteiger partial charge in [-0.15, -0.1) is 0 Å². The van der Waals surface area contributed by atoms with Crippen LogP contribution in [0, 0.1) is 26.7 Å². The monoisotopic (exact) mass is 449 g/mol. The Labute approximate surface area is 199 Å². The van der Waals surface area contributed by atoms with E-state index in [2.05, 4.69) is 29.6 Å². The van der Waals surface area contributed by atoms with Crippen molar-refractivity contribution < 1.29 is 9.59 Å². The van der Waals surface area contributed by atoms with Gasteiger partial charge in [-0.05, 0) is 44.5 Å². The van der Waals surface area contributed by atoms with E-state index < -0.39 is 5.92 Å². The predicted octanol–water partition coefficient (Wildman–Crippen LogP) is 5.77. The number of hydrogen-bond donors (Lipinski definition) is 1. The Bertz CT molecular complexity index is 1370. The van der Waals surface area contributed by atoms with Crippen molar-refractivity contribution in [1.29, 1.82) is 0 Å². The fraction of sp³-hybridized carbons (Fsp3) is 0.207. The molecule has 1 aliphatic rings. The normalized spacial score (nSPS) is 17.2. The summed E-state index contributed by atoms with van der Waals surface area (Å²) < 4.78 is 1.79. The van der Waals surface area contributed by atoms with Gasteiger partial charge in [0.2, 0.25) is 5.91 Å². The van der Waals surface area contributed by atoms with Crippen LogP contribution in [0.15, 0.2) is 78.9 Å². The number of ketones is 1.